The first kappa shape index (κ1) is 21.6. The Morgan fingerprint density at radius 3 is 1.94 bits per heavy atom. The second-order valence-corrected chi connectivity index (χ2v) is 10.3. The van der Waals surface area contributed by atoms with Gasteiger partial charge in [-0.3, -0.25) is 9.21 Å². The highest BCUT2D eigenvalue weighted by Crippen LogP contribution is 2.31. The SMILES string of the molecule is Cc1ccc(N(C2CCN(Cc3ccccc3)CC2)S(=O)(=O)c2ccc(C)cc2)cc1. The van der Waals surface area contributed by atoms with Gasteiger partial charge in [-0.15, -0.1) is 0 Å². The molecule has 162 valence electrons. The van der Waals surface area contributed by atoms with Gasteiger partial charge in [0.1, 0.15) is 0 Å². The Labute approximate surface area is 186 Å². The maximum absolute atomic E-state index is 13.7. The molecule has 1 saturated heterocycles. The molecule has 31 heavy (non-hydrogen) atoms. The summed E-state index contributed by atoms with van der Waals surface area (Å²) in [5.74, 6) is 0. The lowest BCUT2D eigenvalue weighted by Crippen LogP contribution is -2.47. The van der Waals surface area contributed by atoms with Crippen molar-refractivity contribution in [2.75, 3.05) is 17.4 Å². The average molecular weight is 435 g/mol. The van der Waals surface area contributed by atoms with E-state index in [4.69, 9.17) is 0 Å². The number of piperidine rings is 1. The van der Waals surface area contributed by atoms with Gasteiger partial charge < -0.3 is 0 Å². The minimum absolute atomic E-state index is 0.0546. The van der Waals surface area contributed by atoms with Crippen LogP contribution in [0.5, 0.6) is 0 Å². The Morgan fingerprint density at radius 2 is 1.35 bits per heavy atom. The van der Waals surface area contributed by atoms with Crippen LogP contribution in [-0.4, -0.2) is 32.4 Å². The van der Waals surface area contributed by atoms with Gasteiger partial charge in [0.25, 0.3) is 10.0 Å². The summed E-state index contributed by atoms with van der Waals surface area (Å²) < 4.78 is 29.1. The highest BCUT2D eigenvalue weighted by molar-refractivity contribution is 7.92. The van der Waals surface area contributed by atoms with Crippen molar-refractivity contribution in [1.82, 2.24) is 4.90 Å². The normalized spacial score (nSPS) is 15.7. The number of likely N-dealkylation sites (tertiary alicyclic amines) is 1. The molecule has 0 amide bonds. The van der Waals surface area contributed by atoms with Crippen LogP contribution in [0, 0.1) is 13.8 Å². The van der Waals surface area contributed by atoms with Crippen LogP contribution in [0.2, 0.25) is 0 Å². The van der Waals surface area contributed by atoms with Crippen LogP contribution in [0.4, 0.5) is 5.69 Å². The molecule has 0 spiro atoms. The summed E-state index contributed by atoms with van der Waals surface area (Å²) in [6.07, 6.45) is 1.62. The number of hydrogen-bond acceptors (Lipinski definition) is 3. The first-order chi connectivity index (χ1) is 14.9. The molecule has 0 aromatic heterocycles. The van der Waals surface area contributed by atoms with Gasteiger partial charge in [-0.2, -0.15) is 0 Å². The molecule has 1 fully saturated rings. The summed E-state index contributed by atoms with van der Waals surface area (Å²) in [7, 11) is -3.64. The minimum Gasteiger partial charge on any atom is -0.299 e. The molecule has 0 bridgehead atoms. The standard InChI is InChI=1S/C26H30N2O2S/c1-21-8-12-24(13-9-21)28(31(29,30)26-14-10-22(2)11-15-26)25-16-18-27(19-17-25)20-23-6-4-3-5-7-23/h3-15,25H,16-20H2,1-2H3. The van der Waals surface area contributed by atoms with Crippen molar-refractivity contribution >= 4 is 15.7 Å². The third-order valence-electron chi connectivity index (χ3n) is 6.00. The number of sulfonamides is 1. The summed E-state index contributed by atoms with van der Waals surface area (Å²) in [4.78, 5) is 2.77. The molecule has 0 unspecified atom stereocenters. The molecule has 1 heterocycles. The highest BCUT2D eigenvalue weighted by Gasteiger charge is 2.34. The minimum atomic E-state index is -3.64. The molecule has 0 radical (unpaired) electrons. The number of aryl methyl sites for hydroxylation is 2. The maximum Gasteiger partial charge on any atom is 0.264 e. The third kappa shape index (κ3) is 5.00. The summed E-state index contributed by atoms with van der Waals surface area (Å²) >= 11 is 0. The van der Waals surface area contributed by atoms with Crippen molar-refractivity contribution in [3.05, 3.63) is 95.6 Å². The van der Waals surface area contributed by atoms with Gasteiger partial charge >= 0.3 is 0 Å². The molecule has 0 N–H and O–H groups in total. The molecule has 4 nitrogen and oxygen atoms in total. The van der Waals surface area contributed by atoms with Crippen LogP contribution >= 0.6 is 0 Å². The smallest absolute Gasteiger partial charge is 0.264 e. The van der Waals surface area contributed by atoms with E-state index in [1.165, 1.54) is 5.56 Å². The fraction of sp³-hybridized carbons (Fsp3) is 0.308. The largest absolute Gasteiger partial charge is 0.299 e. The fourth-order valence-corrected chi connectivity index (χ4v) is 5.92. The van der Waals surface area contributed by atoms with Crippen LogP contribution in [0.15, 0.2) is 83.8 Å². The Hall–Kier alpha value is -2.63. The number of benzene rings is 3. The fourth-order valence-electron chi connectivity index (χ4n) is 4.21. The first-order valence-corrected chi connectivity index (χ1v) is 12.3. The molecule has 1 aliphatic rings. The van der Waals surface area contributed by atoms with E-state index in [9.17, 15) is 8.42 Å². The van der Waals surface area contributed by atoms with E-state index >= 15 is 0 Å². The summed E-state index contributed by atoms with van der Waals surface area (Å²) in [5, 5.41) is 0. The Balaban J connectivity index is 1.58. The predicted octanol–water partition coefficient (Wildman–Crippen LogP) is 5.16. The predicted molar refractivity (Wildman–Crippen MR) is 127 cm³/mol. The van der Waals surface area contributed by atoms with Crippen molar-refractivity contribution in [2.24, 2.45) is 0 Å². The lowest BCUT2D eigenvalue weighted by molar-refractivity contribution is 0.206. The number of hydrogen-bond donors (Lipinski definition) is 0. The topological polar surface area (TPSA) is 40.6 Å². The molecule has 3 aromatic rings. The summed E-state index contributed by atoms with van der Waals surface area (Å²) in [6.45, 7) is 6.65. The molecule has 0 saturated carbocycles. The lowest BCUT2D eigenvalue weighted by Gasteiger charge is -2.39. The lowest BCUT2D eigenvalue weighted by atomic mass is 10.0. The van der Waals surface area contributed by atoms with Crippen LogP contribution in [0.3, 0.4) is 0 Å². The Bertz CT molecular complexity index is 1090. The molecule has 5 heteroatoms. The molecule has 3 aromatic carbocycles. The van der Waals surface area contributed by atoms with Crippen LogP contribution in [0.25, 0.3) is 0 Å². The number of rotatable bonds is 6. The van der Waals surface area contributed by atoms with E-state index in [0.29, 0.717) is 4.90 Å². The van der Waals surface area contributed by atoms with Crippen molar-refractivity contribution in [2.45, 2.75) is 44.2 Å². The molecule has 4 rings (SSSR count). The molecule has 0 aliphatic carbocycles. The van der Waals surface area contributed by atoms with Crippen molar-refractivity contribution in [3.8, 4) is 0 Å². The molecular formula is C26H30N2O2S. The van der Waals surface area contributed by atoms with Gasteiger partial charge in [0.2, 0.25) is 0 Å². The first-order valence-electron chi connectivity index (χ1n) is 10.9. The van der Waals surface area contributed by atoms with Crippen molar-refractivity contribution in [1.29, 1.82) is 0 Å². The van der Waals surface area contributed by atoms with Crippen LogP contribution < -0.4 is 4.31 Å². The van der Waals surface area contributed by atoms with Crippen LogP contribution in [-0.2, 0) is 16.6 Å². The van der Waals surface area contributed by atoms with Crippen molar-refractivity contribution < 1.29 is 8.42 Å². The van der Waals surface area contributed by atoms with E-state index in [0.717, 1.165) is 49.3 Å². The van der Waals surface area contributed by atoms with Gasteiger partial charge in [0, 0.05) is 25.7 Å². The Morgan fingerprint density at radius 1 is 0.806 bits per heavy atom. The highest BCUT2D eigenvalue weighted by atomic mass is 32.2. The third-order valence-corrected chi connectivity index (χ3v) is 7.90. The van der Waals surface area contributed by atoms with Gasteiger partial charge in [-0.05, 0) is 56.5 Å². The molecular weight excluding hydrogens is 404 g/mol. The van der Waals surface area contributed by atoms with E-state index in [1.807, 2.05) is 56.3 Å². The quantitative estimate of drug-likeness (QED) is 0.538. The second-order valence-electron chi connectivity index (χ2n) is 8.44. The number of anilines is 1. The average Bonchev–Trinajstić information content (AvgIpc) is 2.77. The van der Waals surface area contributed by atoms with Gasteiger partial charge in [-0.25, -0.2) is 8.42 Å². The zero-order valence-electron chi connectivity index (χ0n) is 18.2. The summed E-state index contributed by atoms with van der Waals surface area (Å²) in [5.41, 5.74) is 4.21. The monoisotopic (exact) mass is 434 g/mol. The van der Waals surface area contributed by atoms with Gasteiger partial charge in [0.05, 0.1) is 10.6 Å². The van der Waals surface area contributed by atoms with Crippen molar-refractivity contribution in [3.63, 3.8) is 0 Å². The van der Waals surface area contributed by atoms with E-state index in [2.05, 4.69) is 29.2 Å². The van der Waals surface area contributed by atoms with Crippen LogP contribution in [0.1, 0.15) is 29.5 Å². The molecule has 0 atom stereocenters. The molecule has 1 aliphatic heterocycles. The van der Waals surface area contributed by atoms with E-state index in [1.54, 1.807) is 16.4 Å². The Kier molecular flexibility index (Phi) is 6.44. The van der Waals surface area contributed by atoms with E-state index in [-0.39, 0.29) is 6.04 Å². The zero-order valence-corrected chi connectivity index (χ0v) is 19.1. The second kappa shape index (κ2) is 9.25. The summed E-state index contributed by atoms with van der Waals surface area (Å²) in [6, 6.07) is 25.4. The zero-order chi connectivity index (χ0) is 21.8. The maximum atomic E-state index is 13.7. The van der Waals surface area contributed by atoms with Gasteiger partial charge in [-0.1, -0.05) is 65.7 Å². The van der Waals surface area contributed by atoms with Gasteiger partial charge in [0.15, 0.2) is 0 Å². The van der Waals surface area contributed by atoms with E-state index < -0.39 is 10.0 Å². The number of nitrogens with zero attached hydrogens (tertiary/aromatic N) is 2.